The van der Waals surface area contributed by atoms with E-state index in [0.29, 0.717) is 24.5 Å². The topological polar surface area (TPSA) is 75.3 Å². The van der Waals surface area contributed by atoms with Crippen LogP contribution in [0.5, 0.6) is 5.75 Å². The van der Waals surface area contributed by atoms with E-state index in [1.54, 1.807) is 12.3 Å². The van der Waals surface area contributed by atoms with Gasteiger partial charge in [-0.25, -0.2) is 4.39 Å². The molecule has 7 nitrogen and oxygen atoms in total. The summed E-state index contributed by atoms with van der Waals surface area (Å²) in [5.74, 6) is 0.492. The number of hydrogen-bond acceptors (Lipinski definition) is 6. The van der Waals surface area contributed by atoms with Crippen LogP contribution in [0.3, 0.4) is 0 Å². The zero-order valence-corrected chi connectivity index (χ0v) is 18.1. The van der Waals surface area contributed by atoms with Crippen molar-refractivity contribution in [3.63, 3.8) is 0 Å². The number of pyridine rings is 1. The molecule has 4 bridgehead atoms. The first-order valence-electron chi connectivity index (χ1n) is 11.2. The Hall–Kier alpha value is -3.49. The third kappa shape index (κ3) is 3.71. The van der Waals surface area contributed by atoms with Gasteiger partial charge < -0.3 is 19.7 Å². The van der Waals surface area contributed by atoms with Crippen LogP contribution in [0.15, 0.2) is 48.7 Å². The number of fused-ring (bicyclic) bond motifs is 6. The van der Waals surface area contributed by atoms with Crippen molar-refractivity contribution in [1.29, 1.82) is 0 Å². The van der Waals surface area contributed by atoms with Crippen LogP contribution in [0.2, 0.25) is 0 Å². The molecule has 0 atom stereocenters. The van der Waals surface area contributed by atoms with Gasteiger partial charge in [-0.15, -0.1) is 0 Å². The molecule has 0 saturated carbocycles. The van der Waals surface area contributed by atoms with E-state index in [1.165, 1.54) is 6.07 Å². The second-order valence-electron chi connectivity index (χ2n) is 8.28. The second kappa shape index (κ2) is 8.46. The monoisotopic (exact) mass is 445 g/mol. The van der Waals surface area contributed by atoms with E-state index in [9.17, 15) is 4.39 Å². The van der Waals surface area contributed by atoms with E-state index in [-0.39, 0.29) is 12.4 Å². The number of hydrogen-bond donors (Lipinski definition) is 2. The van der Waals surface area contributed by atoms with Gasteiger partial charge >= 0.3 is 0 Å². The Morgan fingerprint density at radius 1 is 1.03 bits per heavy atom. The molecule has 2 aliphatic rings. The van der Waals surface area contributed by atoms with Gasteiger partial charge in [-0.05, 0) is 29.8 Å². The van der Waals surface area contributed by atoms with Crippen molar-refractivity contribution in [2.45, 2.75) is 6.61 Å². The summed E-state index contributed by atoms with van der Waals surface area (Å²) in [4.78, 5) is 6.85. The Bertz CT molecular complexity index is 1320. The van der Waals surface area contributed by atoms with Crippen molar-refractivity contribution in [1.82, 2.24) is 20.5 Å². The zero-order chi connectivity index (χ0) is 22.2. The van der Waals surface area contributed by atoms with Gasteiger partial charge in [0.05, 0.1) is 36.3 Å². The minimum atomic E-state index is -0.320. The quantitative estimate of drug-likeness (QED) is 0.465. The highest BCUT2D eigenvalue weighted by Crippen LogP contribution is 2.37. The molecule has 2 aromatic carbocycles. The number of aromatic amines is 1. The van der Waals surface area contributed by atoms with Crippen LogP contribution in [0.25, 0.3) is 33.4 Å². The van der Waals surface area contributed by atoms with Crippen molar-refractivity contribution in [2.75, 3.05) is 44.3 Å². The maximum absolute atomic E-state index is 14.9. The number of anilines is 1. The molecule has 0 unspecified atom stereocenters. The molecule has 0 amide bonds. The van der Waals surface area contributed by atoms with Crippen LogP contribution >= 0.6 is 0 Å². The van der Waals surface area contributed by atoms with Crippen molar-refractivity contribution < 1.29 is 13.9 Å². The van der Waals surface area contributed by atoms with E-state index in [4.69, 9.17) is 9.47 Å². The maximum atomic E-state index is 14.9. The first-order valence-corrected chi connectivity index (χ1v) is 11.2. The van der Waals surface area contributed by atoms with Crippen molar-refractivity contribution in [3.05, 3.63) is 60.0 Å². The maximum Gasteiger partial charge on any atom is 0.143 e. The highest BCUT2D eigenvalue weighted by molar-refractivity contribution is 5.95. The van der Waals surface area contributed by atoms with Gasteiger partial charge in [0.2, 0.25) is 0 Å². The van der Waals surface area contributed by atoms with E-state index in [0.717, 1.165) is 65.3 Å². The van der Waals surface area contributed by atoms with E-state index in [2.05, 4.69) is 37.5 Å². The summed E-state index contributed by atoms with van der Waals surface area (Å²) in [6.07, 6.45) is 1.70. The first-order chi connectivity index (χ1) is 16.3. The van der Waals surface area contributed by atoms with Crippen molar-refractivity contribution in [3.8, 4) is 28.3 Å². The molecule has 4 heterocycles. The summed E-state index contributed by atoms with van der Waals surface area (Å²) in [5, 5.41) is 11.9. The third-order valence-corrected chi connectivity index (χ3v) is 6.24. The van der Waals surface area contributed by atoms with E-state index in [1.807, 2.05) is 18.2 Å². The van der Waals surface area contributed by atoms with Gasteiger partial charge in [0, 0.05) is 42.7 Å². The summed E-state index contributed by atoms with van der Waals surface area (Å²) in [5.41, 5.74) is 5.36. The van der Waals surface area contributed by atoms with Gasteiger partial charge in [-0.2, -0.15) is 5.10 Å². The van der Waals surface area contributed by atoms with Gasteiger partial charge in [0.25, 0.3) is 0 Å². The number of aromatic nitrogens is 3. The minimum absolute atomic E-state index is 0.277. The normalized spacial score (nSPS) is 16.3. The largest absolute Gasteiger partial charge is 0.489 e. The van der Waals surface area contributed by atoms with Crippen LogP contribution in [-0.4, -0.2) is 54.6 Å². The van der Waals surface area contributed by atoms with E-state index < -0.39 is 0 Å². The molecule has 168 valence electrons. The predicted molar refractivity (Wildman–Crippen MR) is 125 cm³/mol. The molecular formula is C25H24FN5O2. The fourth-order valence-electron chi connectivity index (χ4n) is 4.59. The third-order valence-electron chi connectivity index (χ3n) is 6.24. The summed E-state index contributed by atoms with van der Waals surface area (Å²) in [6, 6.07) is 13.1. The first kappa shape index (κ1) is 20.1. The molecule has 0 spiro atoms. The summed E-state index contributed by atoms with van der Waals surface area (Å²) < 4.78 is 26.9. The lowest BCUT2D eigenvalue weighted by atomic mass is 10.0. The number of rotatable bonds is 1. The van der Waals surface area contributed by atoms with Crippen molar-refractivity contribution >= 4 is 16.6 Å². The van der Waals surface area contributed by atoms with Gasteiger partial charge in [0.1, 0.15) is 23.9 Å². The number of nitrogens with zero attached hydrogens (tertiary/aromatic N) is 3. The fourth-order valence-corrected chi connectivity index (χ4v) is 4.59. The smallest absolute Gasteiger partial charge is 0.143 e. The predicted octanol–water partition coefficient (Wildman–Crippen LogP) is 3.75. The number of H-pyrrole nitrogens is 1. The van der Waals surface area contributed by atoms with Crippen LogP contribution in [0, 0.1) is 5.82 Å². The number of halogens is 1. The lowest BCUT2D eigenvalue weighted by molar-refractivity contribution is 0.0891. The Kier molecular flexibility index (Phi) is 5.16. The molecule has 2 N–H and O–H groups in total. The molecule has 0 aliphatic carbocycles. The molecular weight excluding hydrogens is 421 g/mol. The Labute approximate surface area is 190 Å². The van der Waals surface area contributed by atoms with Gasteiger partial charge in [-0.1, -0.05) is 18.2 Å². The van der Waals surface area contributed by atoms with Crippen LogP contribution < -0.4 is 15.0 Å². The Morgan fingerprint density at radius 2 is 1.94 bits per heavy atom. The average Bonchev–Trinajstić information content (AvgIpc) is 3.27. The van der Waals surface area contributed by atoms with E-state index >= 15 is 0 Å². The van der Waals surface area contributed by atoms with Gasteiger partial charge in [-0.3, -0.25) is 10.1 Å². The molecule has 4 aromatic rings. The summed E-state index contributed by atoms with van der Waals surface area (Å²) in [6.45, 7) is 4.80. The molecule has 1 saturated heterocycles. The SMILES string of the molecule is Fc1cccc2c1-c1cc3c(n[nH]c3cn1)-c1ccc(N3CCNCC3)c(c1)OCCOC2. The van der Waals surface area contributed by atoms with Crippen LogP contribution in [-0.2, 0) is 11.3 Å². The molecule has 0 radical (unpaired) electrons. The lowest BCUT2D eigenvalue weighted by Crippen LogP contribution is -2.43. The Morgan fingerprint density at radius 3 is 2.85 bits per heavy atom. The highest BCUT2D eigenvalue weighted by atomic mass is 19.1. The summed E-state index contributed by atoms with van der Waals surface area (Å²) in [7, 11) is 0. The van der Waals surface area contributed by atoms with Crippen LogP contribution in [0.1, 0.15) is 5.56 Å². The van der Waals surface area contributed by atoms with Gasteiger partial charge in [0.15, 0.2) is 0 Å². The number of ether oxygens (including phenoxy) is 2. The highest BCUT2D eigenvalue weighted by Gasteiger charge is 2.20. The number of piperazine rings is 1. The fraction of sp³-hybridized carbons (Fsp3) is 0.280. The molecule has 33 heavy (non-hydrogen) atoms. The lowest BCUT2D eigenvalue weighted by Gasteiger charge is -2.31. The number of nitrogens with one attached hydrogen (secondary N) is 2. The molecule has 8 heteroatoms. The Balaban J connectivity index is 1.51. The zero-order valence-electron chi connectivity index (χ0n) is 18.1. The standard InChI is InChI=1S/C25H24FN5O2/c26-19-3-1-2-17-15-32-10-11-33-23-12-16(4-5-22(23)31-8-6-27-7-9-31)25-18-13-20(24(17)19)28-14-21(18)29-30-25/h1-5,12-14,27H,6-11,15H2,(H,29,30). The molecule has 1 fully saturated rings. The van der Waals surface area contributed by atoms with Crippen molar-refractivity contribution in [2.24, 2.45) is 0 Å². The molecule has 6 rings (SSSR count). The minimum Gasteiger partial charge on any atom is -0.489 e. The summed E-state index contributed by atoms with van der Waals surface area (Å²) >= 11 is 0. The number of benzene rings is 2. The molecule has 2 aromatic heterocycles. The second-order valence-corrected chi connectivity index (χ2v) is 8.28. The average molecular weight is 445 g/mol. The van der Waals surface area contributed by atoms with Crippen LogP contribution in [0.4, 0.5) is 10.1 Å². The molecule has 2 aliphatic heterocycles.